The Morgan fingerprint density at radius 3 is 2.65 bits per heavy atom. The third kappa shape index (κ3) is 3.26. The first-order valence-electron chi connectivity index (χ1n) is 5.15. The Kier molecular flexibility index (Phi) is 3.42. The van der Waals surface area contributed by atoms with E-state index in [4.69, 9.17) is 4.74 Å². The second-order valence-electron chi connectivity index (χ2n) is 3.53. The van der Waals surface area contributed by atoms with Crippen LogP contribution in [0.4, 0.5) is 18.9 Å². The zero-order chi connectivity index (χ0) is 12.3. The van der Waals surface area contributed by atoms with E-state index in [0.29, 0.717) is 32.0 Å². The highest BCUT2D eigenvalue weighted by Gasteiger charge is 2.32. The van der Waals surface area contributed by atoms with Gasteiger partial charge in [-0.3, -0.25) is 0 Å². The van der Waals surface area contributed by atoms with E-state index in [1.54, 1.807) is 17.0 Å². The monoisotopic (exact) mass is 246 g/mol. The van der Waals surface area contributed by atoms with Crippen LogP contribution in [0.3, 0.4) is 0 Å². The zero-order valence-corrected chi connectivity index (χ0v) is 8.96. The van der Waals surface area contributed by atoms with Gasteiger partial charge in [0, 0.05) is 19.2 Å². The van der Waals surface area contributed by atoms with E-state index in [1.165, 1.54) is 6.07 Å². The van der Waals surface area contributed by atoms with Gasteiger partial charge in [0.05, 0.1) is 18.9 Å². The first kappa shape index (κ1) is 12.0. The highest BCUT2D eigenvalue weighted by molar-refractivity contribution is 5.58. The van der Waals surface area contributed by atoms with Gasteiger partial charge in [-0.05, 0) is 6.07 Å². The summed E-state index contributed by atoms with van der Waals surface area (Å²) in [5.41, 5.74) is 0.396. The molecule has 0 spiro atoms. The molecule has 0 aliphatic carbocycles. The SMILES string of the molecule is FC(F)(F)Oc1[c]cccc1N1CCOCC1. The van der Waals surface area contributed by atoms with E-state index in [-0.39, 0.29) is 5.75 Å². The summed E-state index contributed by atoms with van der Waals surface area (Å²) in [5.74, 6) is -0.290. The summed E-state index contributed by atoms with van der Waals surface area (Å²) in [6.07, 6.45) is -4.70. The van der Waals surface area contributed by atoms with E-state index in [1.807, 2.05) is 0 Å². The molecule has 1 fully saturated rings. The molecule has 93 valence electrons. The molecule has 1 aliphatic rings. The van der Waals surface area contributed by atoms with Gasteiger partial charge in [0.2, 0.25) is 0 Å². The van der Waals surface area contributed by atoms with E-state index in [9.17, 15) is 13.2 Å². The van der Waals surface area contributed by atoms with Gasteiger partial charge in [0.15, 0.2) is 5.75 Å². The molecule has 1 heterocycles. The summed E-state index contributed by atoms with van der Waals surface area (Å²) in [6, 6.07) is 7.08. The molecule has 0 N–H and O–H groups in total. The first-order chi connectivity index (χ1) is 8.06. The van der Waals surface area contributed by atoms with Crippen LogP contribution >= 0.6 is 0 Å². The minimum absolute atomic E-state index is 0.290. The number of nitrogens with zero attached hydrogens (tertiary/aromatic N) is 1. The van der Waals surface area contributed by atoms with Gasteiger partial charge >= 0.3 is 6.36 Å². The van der Waals surface area contributed by atoms with E-state index in [2.05, 4.69) is 10.8 Å². The van der Waals surface area contributed by atoms with Gasteiger partial charge in [-0.2, -0.15) is 0 Å². The second kappa shape index (κ2) is 4.83. The largest absolute Gasteiger partial charge is 0.573 e. The Morgan fingerprint density at radius 1 is 1.29 bits per heavy atom. The maximum absolute atomic E-state index is 12.2. The summed E-state index contributed by atoms with van der Waals surface area (Å²) in [4.78, 5) is 1.79. The first-order valence-corrected chi connectivity index (χ1v) is 5.15. The molecule has 1 aromatic carbocycles. The lowest BCUT2D eigenvalue weighted by Gasteiger charge is -2.30. The topological polar surface area (TPSA) is 21.7 Å². The van der Waals surface area contributed by atoms with Crippen LogP contribution in [-0.4, -0.2) is 32.7 Å². The Bertz CT molecular complexity index is 375. The summed E-state index contributed by atoms with van der Waals surface area (Å²) in [7, 11) is 0. The molecule has 0 saturated carbocycles. The van der Waals surface area contributed by atoms with Gasteiger partial charge in [-0.15, -0.1) is 13.2 Å². The molecule has 0 atom stereocenters. The molecule has 0 aromatic heterocycles. The maximum Gasteiger partial charge on any atom is 0.573 e. The molecule has 1 aliphatic heterocycles. The van der Waals surface area contributed by atoms with Gasteiger partial charge in [-0.1, -0.05) is 12.1 Å². The Balaban J connectivity index is 2.20. The van der Waals surface area contributed by atoms with Crippen LogP contribution in [0.15, 0.2) is 18.2 Å². The van der Waals surface area contributed by atoms with Crippen molar-refractivity contribution in [3.8, 4) is 5.75 Å². The van der Waals surface area contributed by atoms with Crippen LogP contribution in [0.1, 0.15) is 0 Å². The average molecular weight is 246 g/mol. The molecule has 0 bridgehead atoms. The van der Waals surface area contributed by atoms with Crippen LogP contribution in [0.2, 0.25) is 0 Å². The summed E-state index contributed by atoms with van der Waals surface area (Å²) < 4.78 is 45.7. The number of rotatable bonds is 2. The Morgan fingerprint density at radius 2 is 2.00 bits per heavy atom. The van der Waals surface area contributed by atoms with Crippen molar-refractivity contribution in [2.75, 3.05) is 31.2 Å². The number of ether oxygens (including phenoxy) is 2. The third-order valence-corrected chi connectivity index (χ3v) is 2.37. The van der Waals surface area contributed by atoms with Crippen LogP contribution in [0.25, 0.3) is 0 Å². The minimum atomic E-state index is -4.70. The molecule has 17 heavy (non-hydrogen) atoms. The molecule has 0 unspecified atom stereocenters. The molecule has 3 nitrogen and oxygen atoms in total. The predicted molar refractivity (Wildman–Crippen MR) is 55.0 cm³/mol. The van der Waals surface area contributed by atoms with Crippen molar-refractivity contribution >= 4 is 5.69 Å². The number of benzene rings is 1. The molecule has 1 aromatic rings. The number of hydrogen-bond acceptors (Lipinski definition) is 3. The van der Waals surface area contributed by atoms with Crippen LogP contribution in [0.5, 0.6) is 5.75 Å². The van der Waals surface area contributed by atoms with Crippen molar-refractivity contribution in [1.82, 2.24) is 0 Å². The molecule has 6 heteroatoms. The average Bonchev–Trinajstić information content (AvgIpc) is 2.29. The fourth-order valence-corrected chi connectivity index (χ4v) is 1.66. The smallest absolute Gasteiger partial charge is 0.403 e. The summed E-state index contributed by atoms with van der Waals surface area (Å²) >= 11 is 0. The van der Waals surface area contributed by atoms with Crippen LogP contribution in [-0.2, 0) is 4.74 Å². The fraction of sp³-hybridized carbons (Fsp3) is 0.455. The number of para-hydroxylation sites is 1. The Hall–Kier alpha value is -1.43. The number of hydrogen-bond donors (Lipinski definition) is 0. The van der Waals surface area contributed by atoms with Crippen molar-refractivity contribution in [3.05, 3.63) is 24.3 Å². The van der Waals surface area contributed by atoms with Gasteiger partial charge < -0.3 is 14.4 Å². The maximum atomic E-state index is 12.2. The van der Waals surface area contributed by atoms with Crippen molar-refractivity contribution in [1.29, 1.82) is 0 Å². The van der Waals surface area contributed by atoms with Gasteiger partial charge in [0.1, 0.15) is 0 Å². The molecular formula is C11H11F3NO2. The van der Waals surface area contributed by atoms with E-state index >= 15 is 0 Å². The lowest BCUT2D eigenvalue weighted by Crippen LogP contribution is -2.36. The molecule has 2 rings (SSSR count). The minimum Gasteiger partial charge on any atom is -0.403 e. The highest BCUT2D eigenvalue weighted by Crippen LogP contribution is 2.32. The van der Waals surface area contributed by atoms with Crippen molar-refractivity contribution in [3.63, 3.8) is 0 Å². The molecule has 1 saturated heterocycles. The van der Waals surface area contributed by atoms with Gasteiger partial charge in [-0.25, -0.2) is 0 Å². The van der Waals surface area contributed by atoms with E-state index < -0.39 is 6.36 Å². The lowest BCUT2D eigenvalue weighted by molar-refractivity contribution is -0.274. The number of halogens is 3. The summed E-state index contributed by atoms with van der Waals surface area (Å²) in [6.45, 7) is 2.10. The van der Waals surface area contributed by atoms with Gasteiger partial charge in [0.25, 0.3) is 0 Å². The standard InChI is InChI=1S/C11H11F3NO2/c12-11(13,14)17-10-4-2-1-3-9(10)15-5-7-16-8-6-15/h1-3H,5-8H2. The molecular weight excluding hydrogens is 235 g/mol. The van der Waals surface area contributed by atoms with Crippen molar-refractivity contribution < 1.29 is 22.6 Å². The predicted octanol–water partition coefficient (Wildman–Crippen LogP) is 2.22. The number of morpholine rings is 1. The second-order valence-corrected chi connectivity index (χ2v) is 3.53. The third-order valence-electron chi connectivity index (χ3n) is 2.37. The quantitative estimate of drug-likeness (QED) is 0.798. The summed E-state index contributed by atoms with van der Waals surface area (Å²) in [5, 5.41) is 0. The number of alkyl halides is 3. The highest BCUT2D eigenvalue weighted by atomic mass is 19.4. The van der Waals surface area contributed by atoms with E-state index in [0.717, 1.165) is 0 Å². The zero-order valence-electron chi connectivity index (χ0n) is 8.96. The Labute approximate surface area is 96.7 Å². The fourth-order valence-electron chi connectivity index (χ4n) is 1.66. The van der Waals surface area contributed by atoms with Crippen molar-refractivity contribution in [2.24, 2.45) is 0 Å². The van der Waals surface area contributed by atoms with Crippen molar-refractivity contribution in [2.45, 2.75) is 6.36 Å². The lowest BCUT2D eigenvalue weighted by atomic mass is 10.2. The van der Waals surface area contributed by atoms with Crippen LogP contribution < -0.4 is 9.64 Å². The number of anilines is 1. The normalized spacial score (nSPS) is 17.0. The van der Waals surface area contributed by atoms with Crippen LogP contribution in [0, 0.1) is 6.07 Å². The molecule has 1 radical (unpaired) electrons. The molecule has 0 amide bonds.